The van der Waals surface area contributed by atoms with Gasteiger partial charge in [-0.15, -0.1) is 8.78 Å². The minimum Gasteiger partial charge on any atom is -0.490 e. The highest BCUT2D eigenvalue weighted by Crippen LogP contribution is 2.45. The predicted molar refractivity (Wildman–Crippen MR) is 126 cm³/mol. The number of nitrogens with zero attached hydrogens (tertiary/aromatic N) is 2. The fraction of sp³-hybridized carbons (Fsp3) is 0.500. The Morgan fingerprint density at radius 3 is 2.66 bits per heavy atom. The second kappa shape index (κ2) is 8.46. The fourth-order valence-electron chi connectivity index (χ4n) is 4.97. The molecule has 1 amide bonds. The molecule has 3 aliphatic rings. The van der Waals surface area contributed by atoms with E-state index in [1.54, 1.807) is 17.0 Å². The Balaban J connectivity index is 1.41. The number of ether oxygens (including phenoxy) is 4. The molecule has 0 saturated carbocycles. The molecule has 0 saturated heterocycles. The lowest BCUT2D eigenvalue weighted by atomic mass is 9.94. The summed E-state index contributed by atoms with van der Waals surface area (Å²) in [7, 11) is 0. The van der Waals surface area contributed by atoms with Crippen LogP contribution >= 0.6 is 0 Å². The van der Waals surface area contributed by atoms with Crippen LogP contribution in [-0.2, 0) is 24.1 Å². The molecule has 0 radical (unpaired) electrons. The number of fused-ring (bicyclic) bond motifs is 3. The number of halogens is 2. The van der Waals surface area contributed by atoms with Gasteiger partial charge in [0.25, 0.3) is 0 Å². The van der Waals surface area contributed by atoms with Crippen molar-refractivity contribution >= 4 is 11.8 Å². The van der Waals surface area contributed by atoms with Crippen molar-refractivity contribution in [1.29, 1.82) is 0 Å². The number of benzene rings is 2. The number of hydrogen-bond acceptors (Lipinski definition) is 6. The molecule has 0 aromatic heterocycles. The zero-order valence-corrected chi connectivity index (χ0v) is 20.5. The van der Waals surface area contributed by atoms with Gasteiger partial charge in [0, 0.05) is 25.2 Å². The molecule has 0 fully saturated rings. The van der Waals surface area contributed by atoms with Crippen LogP contribution < -0.4 is 19.1 Å². The number of hydrogen-bond donors (Lipinski definition) is 0. The van der Waals surface area contributed by atoms with Crippen LogP contribution in [0.2, 0.25) is 0 Å². The summed E-state index contributed by atoms with van der Waals surface area (Å²) in [5, 5.41) is 0. The van der Waals surface area contributed by atoms with E-state index in [2.05, 4.69) is 22.6 Å². The number of amides is 1. The Hall–Kier alpha value is -3.23. The fourth-order valence-corrected chi connectivity index (χ4v) is 4.97. The van der Waals surface area contributed by atoms with Gasteiger partial charge in [-0.1, -0.05) is 12.1 Å². The molecule has 7 nitrogen and oxygen atoms in total. The third-order valence-corrected chi connectivity index (χ3v) is 6.47. The van der Waals surface area contributed by atoms with Gasteiger partial charge in [-0.25, -0.2) is 4.79 Å². The van der Waals surface area contributed by atoms with Crippen molar-refractivity contribution in [3.63, 3.8) is 0 Å². The lowest BCUT2D eigenvalue weighted by molar-refractivity contribution is -0.286. The Morgan fingerprint density at radius 2 is 1.89 bits per heavy atom. The lowest BCUT2D eigenvalue weighted by Gasteiger charge is -2.34. The summed E-state index contributed by atoms with van der Waals surface area (Å²) in [6.45, 7) is 10.3. The number of alkyl halides is 2. The minimum absolute atomic E-state index is 0.0434. The van der Waals surface area contributed by atoms with Crippen molar-refractivity contribution in [2.24, 2.45) is 0 Å². The van der Waals surface area contributed by atoms with Gasteiger partial charge in [0.05, 0.1) is 12.2 Å². The second-order valence-corrected chi connectivity index (χ2v) is 10.1. The van der Waals surface area contributed by atoms with Crippen molar-refractivity contribution in [2.45, 2.75) is 59.0 Å². The molecule has 0 bridgehead atoms. The molecule has 188 valence electrons. The van der Waals surface area contributed by atoms with E-state index in [1.807, 2.05) is 20.8 Å². The number of anilines is 1. The van der Waals surface area contributed by atoms with Gasteiger partial charge < -0.3 is 28.7 Å². The normalized spacial score (nSPS) is 18.3. The van der Waals surface area contributed by atoms with E-state index in [0.717, 1.165) is 22.6 Å². The predicted octanol–water partition coefficient (Wildman–Crippen LogP) is 5.05. The van der Waals surface area contributed by atoms with E-state index in [1.165, 1.54) is 11.6 Å². The molecule has 3 aliphatic heterocycles. The SMILES string of the molecule is Cc1c2c(cc3c1N(Cc1cccc4c1OC(F)(F)O4)CCO3)CCN(C(=O)OC(C)(C)C)CC2. The lowest BCUT2D eigenvalue weighted by Crippen LogP contribution is -2.38. The summed E-state index contributed by atoms with van der Waals surface area (Å²) < 4.78 is 48.4. The molecule has 0 atom stereocenters. The third-order valence-electron chi connectivity index (χ3n) is 6.47. The van der Waals surface area contributed by atoms with E-state index in [9.17, 15) is 13.6 Å². The van der Waals surface area contributed by atoms with Crippen molar-refractivity contribution in [3.05, 3.63) is 46.5 Å². The van der Waals surface area contributed by atoms with Gasteiger partial charge in [-0.05, 0) is 69.4 Å². The Kier molecular flexibility index (Phi) is 5.68. The number of carbonyl (C=O) groups excluding carboxylic acids is 1. The molecule has 0 unspecified atom stereocenters. The topological polar surface area (TPSA) is 60.5 Å². The molecule has 2 aromatic rings. The molecule has 0 spiro atoms. The average molecular weight is 489 g/mol. The van der Waals surface area contributed by atoms with E-state index in [4.69, 9.17) is 14.2 Å². The zero-order valence-electron chi connectivity index (χ0n) is 20.5. The number of rotatable bonds is 2. The molecule has 35 heavy (non-hydrogen) atoms. The van der Waals surface area contributed by atoms with Crippen LogP contribution in [0.1, 0.15) is 43.0 Å². The maximum Gasteiger partial charge on any atom is 0.586 e. The highest BCUT2D eigenvalue weighted by molar-refractivity contribution is 5.71. The maximum absolute atomic E-state index is 13.7. The van der Waals surface area contributed by atoms with Crippen LogP contribution in [0.4, 0.5) is 19.3 Å². The van der Waals surface area contributed by atoms with E-state index >= 15 is 0 Å². The van der Waals surface area contributed by atoms with Crippen LogP contribution in [0.3, 0.4) is 0 Å². The van der Waals surface area contributed by atoms with Gasteiger partial charge >= 0.3 is 12.4 Å². The molecule has 5 rings (SSSR count). The Bertz CT molecular complexity index is 1160. The standard InChI is InChI=1S/C26H30F2N2O5/c1-16-19-9-11-29(24(31)35-25(2,3)4)10-8-17(19)14-21-22(16)30(12-13-32-21)15-18-6-5-7-20-23(18)34-26(27,28)33-20/h5-7,14H,8-13,15H2,1-4H3. The molecular weight excluding hydrogens is 458 g/mol. The Morgan fingerprint density at radius 1 is 1.11 bits per heavy atom. The van der Waals surface area contributed by atoms with Crippen LogP contribution in [0.25, 0.3) is 0 Å². The van der Waals surface area contributed by atoms with Crippen LogP contribution in [0.5, 0.6) is 17.2 Å². The first-order valence-corrected chi connectivity index (χ1v) is 11.9. The van der Waals surface area contributed by atoms with Gasteiger partial charge in [-0.3, -0.25) is 0 Å². The van der Waals surface area contributed by atoms with Crippen molar-refractivity contribution in [2.75, 3.05) is 31.1 Å². The van der Waals surface area contributed by atoms with E-state index < -0.39 is 11.9 Å². The van der Waals surface area contributed by atoms with Crippen LogP contribution in [-0.4, -0.2) is 49.1 Å². The van der Waals surface area contributed by atoms with Gasteiger partial charge in [0.2, 0.25) is 0 Å². The summed E-state index contributed by atoms with van der Waals surface area (Å²) in [6.07, 6.45) is -2.55. The quantitative estimate of drug-likeness (QED) is 0.590. The molecule has 9 heteroatoms. The van der Waals surface area contributed by atoms with E-state index in [0.29, 0.717) is 51.2 Å². The minimum atomic E-state index is -3.66. The highest BCUT2D eigenvalue weighted by atomic mass is 19.3. The molecule has 2 aromatic carbocycles. The monoisotopic (exact) mass is 488 g/mol. The van der Waals surface area contributed by atoms with Crippen LogP contribution in [0.15, 0.2) is 24.3 Å². The van der Waals surface area contributed by atoms with Crippen LogP contribution in [0, 0.1) is 6.92 Å². The number of para-hydroxylation sites is 1. The first kappa shape index (κ1) is 23.5. The van der Waals surface area contributed by atoms with Gasteiger partial charge in [0.1, 0.15) is 18.0 Å². The first-order chi connectivity index (χ1) is 16.5. The summed E-state index contributed by atoms with van der Waals surface area (Å²) in [5.74, 6) is 0.890. The largest absolute Gasteiger partial charge is 0.586 e. The smallest absolute Gasteiger partial charge is 0.490 e. The summed E-state index contributed by atoms with van der Waals surface area (Å²) in [4.78, 5) is 16.5. The molecule has 0 aliphatic carbocycles. The molecule has 0 N–H and O–H groups in total. The highest BCUT2D eigenvalue weighted by Gasteiger charge is 2.44. The zero-order chi connectivity index (χ0) is 25.0. The maximum atomic E-state index is 13.7. The third kappa shape index (κ3) is 4.68. The van der Waals surface area contributed by atoms with Gasteiger partial charge in [-0.2, -0.15) is 0 Å². The van der Waals surface area contributed by atoms with Crippen molar-refractivity contribution < 1.29 is 32.5 Å². The van der Waals surface area contributed by atoms with Crippen molar-refractivity contribution in [3.8, 4) is 17.2 Å². The summed E-state index contributed by atoms with van der Waals surface area (Å²) >= 11 is 0. The Labute approximate surface area is 203 Å². The molecule has 3 heterocycles. The second-order valence-electron chi connectivity index (χ2n) is 10.1. The van der Waals surface area contributed by atoms with Crippen molar-refractivity contribution in [1.82, 2.24) is 4.90 Å². The molecular formula is C26H30F2N2O5. The number of carbonyl (C=O) groups is 1. The average Bonchev–Trinajstić information content (AvgIpc) is 2.94. The summed E-state index contributed by atoms with van der Waals surface area (Å²) in [5.41, 5.74) is 4.46. The summed E-state index contributed by atoms with van der Waals surface area (Å²) in [6, 6.07) is 7.01. The first-order valence-electron chi connectivity index (χ1n) is 11.9. The van der Waals surface area contributed by atoms with E-state index in [-0.39, 0.29) is 17.6 Å². The van der Waals surface area contributed by atoms with Gasteiger partial charge in [0.15, 0.2) is 11.5 Å².